The summed E-state index contributed by atoms with van der Waals surface area (Å²) >= 11 is 7.81. The second-order valence-electron chi connectivity index (χ2n) is 4.17. The van der Waals surface area contributed by atoms with E-state index >= 15 is 0 Å². The molecule has 0 aromatic heterocycles. The molecule has 3 heteroatoms. The van der Waals surface area contributed by atoms with E-state index in [4.69, 9.17) is 11.6 Å². The molecule has 0 fully saturated rings. The summed E-state index contributed by atoms with van der Waals surface area (Å²) in [7, 11) is 0. The highest BCUT2D eigenvalue weighted by Crippen LogP contribution is 2.27. The number of nitrogens with zero attached hydrogens (tertiary/aromatic N) is 1. The molecule has 92 valence electrons. The monoisotopic (exact) mass is 259 g/mol. The van der Waals surface area contributed by atoms with Crippen molar-refractivity contribution in [3.05, 3.63) is 22.6 Å². The van der Waals surface area contributed by atoms with Crippen molar-refractivity contribution in [3.8, 4) is 0 Å². The van der Waals surface area contributed by atoms with Gasteiger partial charge in [-0.3, -0.25) is 0 Å². The van der Waals surface area contributed by atoms with Crippen LogP contribution in [0.25, 0.3) is 0 Å². The Kier molecular flexibility index (Phi) is 7.26. The van der Waals surface area contributed by atoms with Crippen molar-refractivity contribution >= 4 is 23.5 Å². The van der Waals surface area contributed by atoms with Gasteiger partial charge in [0.2, 0.25) is 0 Å². The predicted molar refractivity (Wildman–Crippen MR) is 75.6 cm³/mol. The maximum absolute atomic E-state index is 6.05. The summed E-state index contributed by atoms with van der Waals surface area (Å²) < 4.78 is 2.46. The maximum atomic E-state index is 6.05. The third-order valence-corrected chi connectivity index (χ3v) is 4.18. The van der Waals surface area contributed by atoms with Crippen molar-refractivity contribution in [1.82, 2.24) is 4.31 Å². The van der Waals surface area contributed by atoms with Crippen molar-refractivity contribution in [1.29, 1.82) is 0 Å². The van der Waals surface area contributed by atoms with Gasteiger partial charge in [0.05, 0.1) is 0 Å². The van der Waals surface area contributed by atoms with Crippen LogP contribution in [-0.2, 0) is 0 Å². The maximum Gasteiger partial charge on any atom is 0.0479 e. The van der Waals surface area contributed by atoms with Crippen LogP contribution in [0.1, 0.15) is 46.0 Å². The van der Waals surface area contributed by atoms with Crippen LogP contribution in [0.15, 0.2) is 22.6 Å². The van der Waals surface area contributed by atoms with Crippen LogP contribution in [0.2, 0.25) is 0 Å². The molecule has 0 saturated carbocycles. The molecule has 1 aliphatic heterocycles. The van der Waals surface area contributed by atoms with Gasteiger partial charge in [0.25, 0.3) is 0 Å². The topological polar surface area (TPSA) is 3.24 Å². The van der Waals surface area contributed by atoms with Crippen LogP contribution in [0.5, 0.6) is 0 Å². The Morgan fingerprint density at radius 1 is 1.31 bits per heavy atom. The smallest absolute Gasteiger partial charge is 0.0479 e. The minimum absolute atomic E-state index is 0.545. The Morgan fingerprint density at radius 2 is 2.06 bits per heavy atom. The molecule has 1 heterocycles. The van der Waals surface area contributed by atoms with E-state index in [9.17, 15) is 0 Å². The first-order valence-electron chi connectivity index (χ1n) is 6.25. The molecule has 0 aromatic rings. The Morgan fingerprint density at radius 3 is 2.75 bits per heavy atom. The summed E-state index contributed by atoms with van der Waals surface area (Å²) in [6, 6.07) is 0.545. The quantitative estimate of drug-likeness (QED) is 0.621. The molecule has 1 nitrogen and oxygen atoms in total. The Labute approximate surface area is 109 Å². The van der Waals surface area contributed by atoms with E-state index in [0.717, 1.165) is 11.6 Å². The van der Waals surface area contributed by atoms with E-state index in [2.05, 4.69) is 24.2 Å². The van der Waals surface area contributed by atoms with Crippen LogP contribution in [0.4, 0.5) is 0 Å². The van der Waals surface area contributed by atoms with Crippen molar-refractivity contribution in [2.75, 3.05) is 6.54 Å². The molecule has 0 bridgehead atoms. The van der Waals surface area contributed by atoms with Gasteiger partial charge in [0.15, 0.2) is 0 Å². The fraction of sp³-hybridized carbons (Fsp3) is 0.692. The van der Waals surface area contributed by atoms with Crippen molar-refractivity contribution < 1.29 is 0 Å². The van der Waals surface area contributed by atoms with Gasteiger partial charge in [-0.2, -0.15) is 0 Å². The zero-order chi connectivity index (χ0) is 11.8. The van der Waals surface area contributed by atoms with Crippen LogP contribution in [-0.4, -0.2) is 16.9 Å². The summed E-state index contributed by atoms with van der Waals surface area (Å²) in [5.74, 6) is 0. The molecular formula is C13H22ClNS. The van der Waals surface area contributed by atoms with E-state index in [1.165, 1.54) is 32.1 Å². The summed E-state index contributed by atoms with van der Waals surface area (Å²) in [4.78, 5) is 0. The number of allylic oxidation sites excluding steroid dienone is 2. The third kappa shape index (κ3) is 4.94. The molecule has 0 amide bonds. The van der Waals surface area contributed by atoms with Gasteiger partial charge in [0, 0.05) is 23.0 Å². The Balaban J connectivity index is 2.55. The standard InChI is InChI=1S/C13H22ClNS/c1-3-5-7-13-9-8-12(14)11-16-15(13)10-6-4-2/h8-9,11,13H,3-7,10H2,1-2H3. The van der Waals surface area contributed by atoms with Gasteiger partial charge in [-0.1, -0.05) is 50.8 Å². The molecule has 0 spiro atoms. The van der Waals surface area contributed by atoms with E-state index in [1.807, 2.05) is 11.5 Å². The lowest BCUT2D eigenvalue weighted by molar-refractivity contribution is 0.373. The fourth-order valence-corrected chi connectivity index (χ4v) is 2.79. The second-order valence-corrected chi connectivity index (χ2v) is 5.52. The van der Waals surface area contributed by atoms with Gasteiger partial charge in [-0.15, -0.1) is 0 Å². The zero-order valence-electron chi connectivity index (χ0n) is 10.3. The highest BCUT2D eigenvalue weighted by atomic mass is 35.5. The molecule has 0 aromatic carbocycles. The van der Waals surface area contributed by atoms with E-state index in [-0.39, 0.29) is 0 Å². The molecule has 0 N–H and O–H groups in total. The van der Waals surface area contributed by atoms with Gasteiger partial charge in [0.1, 0.15) is 0 Å². The molecule has 1 atom stereocenters. The van der Waals surface area contributed by atoms with E-state index in [0.29, 0.717) is 6.04 Å². The minimum atomic E-state index is 0.545. The number of rotatable bonds is 6. The molecular weight excluding hydrogens is 238 g/mol. The van der Waals surface area contributed by atoms with Crippen molar-refractivity contribution in [3.63, 3.8) is 0 Å². The van der Waals surface area contributed by atoms with Crippen LogP contribution >= 0.6 is 23.5 Å². The van der Waals surface area contributed by atoms with Crippen LogP contribution < -0.4 is 0 Å². The summed E-state index contributed by atoms with van der Waals surface area (Å²) in [6.45, 7) is 5.64. The first-order valence-corrected chi connectivity index (χ1v) is 7.46. The van der Waals surface area contributed by atoms with Gasteiger partial charge in [-0.25, -0.2) is 4.31 Å². The molecule has 1 unspecified atom stereocenters. The lowest BCUT2D eigenvalue weighted by atomic mass is 10.1. The number of hydrogen-bond acceptors (Lipinski definition) is 2. The van der Waals surface area contributed by atoms with Crippen molar-refractivity contribution in [2.24, 2.45) is 0 Å². The van der Waals surface area contributed by atoms with Gasteiger partial charge < -0.3 is 0 Å². The van der Waals surface area contributed by atoms with Crippen LogP contribution in [0, 0.1) is 0 Å². The lowest BCUT2D eigenvalue weighted by Crippen LogP contribution is -2.27. The fourth-order valence-electron chi connectivity index (χ4n) is 1.72. The second kappa shape index (κ2) is 8.21. The SMILES string of the molecule is CCCCC1C=CC(Cl)=CSN1CCCC. The molecule has 1 rings (SSSR count). The highest BCUT2D eigenvalue weighted by Gasteiger charge is 2.16. The Bertz CT molecular complexity index is 250. The predicted octanol–water partition coefficient (Wildman–Crippen LogP) is 4.95. The molecule has 0 radical (unpaired) electrons. The van der Waals surface area contributed by atoms with Crippen molar-refractivity contribution in [2.45, 2.75) is 52.0 Å². The largest absolute Gasteiger partial charge is 0.240 e. The first kappa shape index (κ1) is 14.1. The molecule has 0 aliphatic carbocycles. The summed E-state index contributed by atoms with van der Waals surface area (Å²) in [5.41, 5.74) is 0. The first-order chi connectivity index (χ1) is 7.77. The zero-order valence-corrected chi connectivity index (χ0v) is 11.9. The lowest BCUT2D eigenvalue weighted by Gasteiger charge is -2.26. The minimum Gasteiger partial charge on any atom is -0.240 e. The summed E-state index contributed by atoms with van der Waals surface area (Å²) in [6.07, 6.45) is 10.6. The third-order valence-electron chi connectivity index (χ3n) is 2.73. The molecule has 0 saturated heterocycles. The van der Waals surface area contributed by atoms with E-state index in [1.54, 1.807) is 11.9 Å². The number of halogens is 1. The average Bonchev–Trinajstić information content (AvgIpc) is 2.46. The normalized spacial score (nSPS) is 21.9. The van der Waals surface area contributed by atoms with Crippen LogP contribution in [0.3, 0.4) is 0 Å². The Hall–Kier alpha value is 0.0800. The molecule has 16 heavy (non-hydrogen) atoms. The van der Waals surface area contributed by atoms with Gasteiger partial charge in [-0.05, 0) is 30.9 Å². The highest BCUT2D eigenvalue weighted by molar-refractivity contribution is 8.00. The average molecular weight is 260 g/mol. The number of unbranched alkanes of at least 4 members (excludes halogenated alkanes) is 2. The number of hydrogen-bond donors (Lipinski definition) is 0. The van der Waals surface area contributed by atoms with Gasteiger partial charge >= 0.3 is 0 Å². The van der Waals surface area contributed by atoms with E-state index < -0.39 is 0 Å². The molecule has 1 aliphatic rings. The summed E-state index contributed by atoms with van der Waals surface area (Å²) in [5, 5.41) is 2.89.